The average molecular weight is 235 g/mol. The molecule has 16 heavy (non-hydrogen) atoms. The third-order valence-corrected chi connectivity index (χ3v) is 4.94. The fourth-order valence-corrected chi connectivity index (χ4v) is 3.87. The van der Waals surface area contributed by atoms with Crippen LogP contribution in [-0.2, 0) is 0 Å². The van der Waals surface area contributed by atoms with Crippen LogP contribution in [0.4, 0.5) is 0 Å². The highest BCUT2D eigenvalue weighted by molar-refractivity contribution is 8.00. The normalized spacial score (nSPS) is 19.6. The number of rotatable bonds is 4. The molecule has 0 heterocycles. The van der Waals surface area contributed by atoms with Crippen LogP contribution in [0.15, 0.2) is 30.3 Å². The Bertz CT molecular complexity index is 293. The Morgan fingerprint density at radius 2 is 1.81 bits per heavy atom. The Morgan fingerprint density at radius 1 is 1.12 bits per heavy atom. The average Bonchev–Trinajstić information content (AvgIpc) is 2.38. The first-order chi connectivity index (χ1) is 7.90. The minimum atomic E-state index is 0.490. The number of benzene rings is 1. The number of thioether (sulfide) groups is 1. The van der Waals surface area contributed by atoms with Crippen molar-refractivity contribution in [1.29, 1.82) is 0 Å². The van der Waals surface area contributed by atoms with Crippen molar-refractivity contribution < 1.29 is 0 Å². The van der Waals surface area contributed by atoms with Crippen molar-refractivity contribution in [3.8, 4) is 0 Å². The molecule has 0 saturated heterocycles. The van der Waals surface area contributed by atoms with Crippen molar-refractivity contribution in [3.05, 3.63) is 35.9 Å². The van der Waals surface area contributed by atoms with Crippen molar-refractivity contribution >= 4 is 11.8 Å². The summed E-state index contributed by atoms with van der Waals surface area (Å²) < 4.78 is 0. The molecule has 1 nitrogen and oxygen atoms in total. The zero-order valence-corrected chi connectivity index (χ0v) is 10.6. The van der Waals surface area contributed by atoms with Gasteiger partial charge in [0.1, 0.15) is 0 Å². The van der Waals surface area contributed by atoms with Gasteiger partial charge in [0, 0.05) is 17.0 Å². The lowest BCUT2D eigenvalue weighted by Gasteiger charge is -2.25. The summed E-state index contributed by atoms with van der Waals surface area (Å²) in [5, 5.41) is 1.33. The fraction of sp³-hybridized carbons (Fsp3) is 0.571. The van der Waals surface area contributed by atoms with Gasteiger partial charge in [0.2, 0.25) is 0 Å². The van der Waals surface area contributed by atoms with Gasteiger partial charge >= 0.3 is 0 Å². The van der Waals surface area contributed by atoms with E-state index in [2.05, 4.69) is 42.1 Å². The summed E-state index contributed by atoms with van der Waals surface area (Å²) >= 11 is 2.09. The smallest absolute Gasteiger partial charge is 0.0422 e. The molecule has 0 aliphatic heterocycles. The Hall–Kier alpha value is -0.470. The van der Waals surface area contributed by atoms with Gasteiger partial charge in [-0.1, -0.05) is 49.6 Å². The minimum absolute atomic E-state index is 0.490. The van der Waals surface area contributed by atoms with Gasteiger partial charge in [0.05, 0.1) is 0 Å². The van der Waals surface area contributed by atoms with E-state index in [0.29, 0.717) is 5.25 Å². The molecular formula is C14H21NS. The van der Waals surface area contributed by atoms with Crippen molar-refractivity contribution in [2.75, 3.05) is 6.54 Å². The Morgan fingerprint density at radius 3 is 2.44 bits per heavy atom. The van der Waals surface area contributed by atoms with E-state index in [4.69, 9.17) is 5.73 Å². The van der Waals surface area contributed by atoms with E-state index in [1.165, 1.54) is 37.7 Å². The largest absolute Gasteiger partial charge is 0.329 e. The van der Waals surface area contributed by atoms with E-state index >= 15 is 0 Å². The van der Waals surface area contributed by atoms with Crippen LogP contribution >= 0.6 is 11.8 Å². The molecule has 2 heteroatoms. The Kier molecular flexibility index (Phi) is 4.73. The van der Waals surface area contributed by atoms with Crippen LogP contribution in [0, 0.1) is 0 Å². The second-order valence-electron chi connectivity index (χ2n) is 4.53. The van der Waals surface area contributed by atoms with Crippen molar-refractivity contribution in [3.63, 3.8) is 0 Å². The van der Waals surface area contributed by atoms with E-state index in [9.17, 15) is 0 Å². The van der Waals surface area contributed by atoms with Crippen LogP contribution in [0.25, 0.3) is 0 Å². The summed E-state index contributed by atoms with van der Waals surface area (Å²) in [6, 6.07) is 10.7. The zero-order valence-electron chi connectivity index (χ0n) is 9.77. The van der Waals surface area contributed by atoms with Gasteiger partial charge in [-0.15, -0.1) is 11.8 Å². The quantitative estimate of drug-likeness (QED) is 0.860. The molecule has 1 aliphatic rings. The molecule has 1 atom stereocenters. The molecule has 2 rings (SSSR count). The van der Waals surface area contributed by atoms with Crippen LogP contribution in [0.3, 0.4) is 0 Å². The summed E-state index contributed by atoms with van der Waals surface area (Å²) in [6.07, 6.45) is 7.01. The van der Waals surface area contributed by atoms with Gasteiger partial charge in [-0.3, -0.25) is 0 Å². The molecule has 0 spiro atoms. The van der Waals surface area contributed by atoms with Crippen molar-refractivity contribution in [2.45, 2.75) is 42.6 Å². The molecule has 1 fully saturated rings. The highest BCUT2D eigenvalue weighted by Gasteiger charge is 2.19. The molecule has 2 N–H and O–H groups in total. The fourth-order valence-electron chi connectivity index (χ4n) is 2.37. The first-order valence-electron chi connectivity index (χ1n) is 6.30. The third kappa shape index (κ3) is 3.26. The van der Waals surface area contributed by atoms with E-state index in [1.807, 2.05) is 0 Å². The van der Waals surface area contributed by atoms with Gasteiger partial charge in [0.15, 0.2) is 0 Å². The van der Waals surface area contributed by atoms with Gasteiger partial charge in [-0.2, -0.15) is 0 Å². The lowest BCUT2D eigenvalue weighted by atomic mass is 10.0. The molecule has 0 aromatic heterocycles. The zero-order chi connectivity index (χ0) is 11.2. The molecule has 0 amide bonds. The van der Waals surface area contributed by atoms with E-state index < -0.39 is 0 Å². The molecular weight excluding hydrogens is 214 g/mol. The SMILES string of the molecule is NCC(SC1CCCCC1)c1ccccc1. The maximum absolute atomic E-state index is 5.90. The molecule has 0 bridgehead atoms. The minimum Gasteiger partial charge on any atom is -0.329 e. The molecule has 1 unspecified atom stereocenters. The van der Waals surface area contributed by atoms with Gasteiger partial charge in [0.25, 0.3) is 0 Å². The van der Waals surface area contributed by atoms with Crippen LogP contribution < -0.4 is 5.73 Å². The summed E-state index contributed by atoms with van der Waals surface area (Å²) in [5.41, 5.74) is 7.29. The molecule has 88 valence electrons. The molecule has 1 saturated carbocycles. The second kappa shape index (κ2) is 6.31. The second-order valence-corrected chi connectivity index (χ2v) is 6.04. The summed E-state index contributed by atoms with van der Waals surface area (Å²) in [7, 11) is 0. The predicted molar refractivity (Wildman–Crippen MR) is 72.7 cm³/mol. The predicted octanol–water partition coefficient (Wildman–Crippen LogP) is 3.75. The molecule has 1 aliphatic carbocycles. The maximum Gasteiger partial charge on any atom is 0.0422 e. The van der Waals surface area contributed by atoms with Crippen LogP contribution in [-0.4, -0.2) is 11.8 Å². The number of nitrogens with two attached hydrogens (primary N) is 1. The van der Waals surface area contributed by atoms with Crippen LogP contribution in [0.5, 0.6) is 0 Å². The number of hydrogen-bond acceptors (Lipinski definition) is 2. The third-order valence-electron chi connectivity index (χ3n) is 3.29. The summed E-state index contributed by atoms with van der Waals surface area (Å²) in [6.45, 7) is 0.755. The van der Waals surface area contributed by atoms with Gasteiger partial charge in [-0.05, 0) is 18.4 Å². The highest BCUT2D eigenvalue weighted by atomic mass is 32.2. The number of hydrogen-bond donors (Lipinski definition) is 1. The van der Waals surface area contributed by atoms with E-state index in [0.717, 1.165) is 11.8 Å². The van der Waals surface area contributed by atoms with E-state index in [1.54, 1.807) is 0 Å². The van der Waals surface area contributed by atoms with Crippen LogP contribution in [0.1, 0.15) is 42.9 Å². The summed E-state index contributed by atoms with van der Waals surface area (Å²) in [5.74, 6) is 0. The lowest BCUT2D eigenvalue weighted by molar-refractivity contribution is 0.515. The van der Waals surface area contributed by atoms with Crippen molar-refractivity contribution in [2.24, 2.45) is 5.73 Å². The molecule has 0 radical (unpaired) electrons. The van der Waals surface area contributed by atoms with Crippen LogP contribution in [0.2, 0.25) is 0 Å². The van der Waals surface area contributed by atoms with Crippen molar-refractivity contribution in [1.82, 2.24) is 0 Å². The first kappa shape index (κ1) is 12.0. The standard InChI is InChI=1S/C14H21NS/c15-11-14(12-7-3-1-4-8-12)16-13-9-5-2-6-10-13/h1,3-4,7-8,13-14H,2,5-6,9-11,15H2. The summed E-state index contributed by atoms with van der Waals surface area (Å²) in [4.78, 5) is 0. The Labute approximate surface area is 103 Å². The Balaban J connectivity index is 1.94. The molecule has 1 aromatic carbocycles. The van der Waals surface area contributed by atoms with Gasteiger partial charge in [-0.25, -0.2) is 0 Å². The molecule has 1 aromatic rings. The van der Waals surface area contributed by atoms with E-state index in [-0.39, 0.29) is 0 Å². The highest BCUT2D eigenvalue weighted by Crippen LogP contribution is 2.37. The van der Waals surface area contributed by atoms with Gasteiger partial charge < -0.3 is 5.73 Å². The maximum atomic E-state index is 5.90. The topological polar surface area (TPSA) is 26.0 Å². The first-order valence-corrected chi connectivity index (χ1v) is 7.25. The lowest BCUT2D eigenvalue weighted by Crippen LogP contribution is -2.16. The monoisotopic (exact) mass is 235 g/mol.